The van der Waals surface area contributed by atoms with E-state index in [4.69, 9.17) is 10.2 Å². The number of nitrogens with two attached hydrogens (primary N) is 1. The minimum absolute atomic E-state index is 0.100. The number of oxazole rings is 1. The number of ketones is 1. The molecule has 0 aromatic carbocycles. The third-order valence-corrected chi connectivity index (χ3v) is 5.27. The van der Waals surface area contributed by atoms with Gasteiger partial charge in [-0.1, -0.05) is 0 Å². The summed E-state index contributed by atoms with van der Waals surface area (Å²) in [5.74, 6) is 2.82. The van der Waals surface area contributed by atoms with Gasteiger partial charge < -0.3 is 10.2 Å². The van der Waals surface area contributed by atoms with E-state index < -0.39 is 0 Å². The van der Waals surface area contributed by atoms with E-state index in [1.807, 2.05) is 0 Å². The lowest BCUT2D eigenvalue weighted by Gasteiger charge is -2.55. The summed E-state index contributed by atoms with van der Waals surface area (Å²) in [5, 5.41) is 0. The molecule has 5 rings (SSSR count). The molecule has 0 amide bonds. The van der Waals surface area contributed by atoms with Gasteiger partial charge in [0.2, 0.25) is 5.78 Å². The molecule has 4 aliphatic carbocycles. The molecular formula is C14H18N2O2. The van der Waals surface area contributed by atoms with Crippen LogP contribution < -0.4 is 5.73 Å². The Kier molecular flexibility index (Phi) is 1.98. The molecule has 96 valence electrons. The summed E-state index contributed by atoms with van der Waals surface area (Å²) in [7, 11) is 0. The largest absolute Gasteiger partial charge is 0.421 e. The first-order valence-electron chi connectivity index (χ1n) is 6.91. The van der Waals surface area contributed by atoms with Gasteiger partial charge in [0.1, 0.15) is 0 Å². The van der Waals surface area contributed by atoms with E-state index in [0.29, 0.717) is 5.76 Å². The molecular weight excluding hydrogens is 228 g/mol. The van der Waals surface area contributed by atoms with Gasteiger partial charge in [0.05, 0.1) is 6.20 Å². The van der Waals surface area contributed by atoms with Crippen molar-refractivity contribution >= 4 is 11.8 Å². The Bertz CT molecular complexity index is 470. The van der Waals surface area contributed by atoms with Crippen LogP contribution in [0, 0.1) is 23.2 Å². The number of nitrogen functional groups attached to an aromatic ring is 1. The molecule has 4 fully saturated rings. The van der Waals surface area contributed by atoms with Gasteiger partial charge in [-0.3, -0.25) is 4.79 Å². The fraction of sp³-hybridized carbons (Fsp3) is 0.714. The number of Topliss-reactive ketones (excluding diaryl/α,β-unsaturated/α-hetero) is 1. The van der Waals surface area contributed by atoms with E-state index in [0.717, 1.165) is 37.0 Å². The van der Waals surface area contributed by atoms with Crippen molar-refractivity contribution in [3.8, 4) is 0 Å². The molecule has 4 nitrogen and oxygen atoms in total. The van der Waals surface area contributed by atoms with Crippen LogP contribution in [0.5, 0.6) is 0 Å². The first-order chi connectivity index (χ1) is 8.64. The first kappa shape index (κ1) is 10.6. The molecule has 4 aliphatic rings. The van der Waals surface area contributed by atoms with E-state index in [-0.39, 0.29) is 17.2 Å². The zero-order chi connectivity index (χ0) is 12.3. The van der Waals surface area contributed by atoms with Gasteiger partial charge in [0.15, 0.2) is 5.76 Å². The molecule has 0 atom stereocenters. The zero-order valence-electron chi connectivity index (χ0n) is 10.4. The van der Waals surface area contributed by atoms with Crippen molar-refractivity contribution in [2.75, 3.05) is 5.73 Å². The van der Waals surface area contributed by atoms with Crippen molar-refractivity contribution in [2.45, 2.75) is 38.5 Å². The molecule has 0 spiro atoms. The number of nitrogens with zero attached hydrogens (tertiary/aromatic N) is 1. The van der Waals surface area contributed by atoms with E-state index in [9.17, 15) is 4.79 Å². The lowest BCUT2D eigenvalue weighted by molar-refractivity contribution is -0.0364. The van der Waals surface area contributed by atoms with E-state index in [1.165, 1.54) is 25.5 Å². The van der Waals surface area contributed by atoms with Crippen LogP contribution in [0.25, 0.3) is 0 Å². The van der Waals surface area contributed by atoms with Crippen molar-refractivity contribution < 1.29 is 9.21 Å². The molecule has 1 heterocycles. The Morgan fingerprint density at radius 3 is 2.22 bits per heavy atom. The van der Waals surface area contributed by atoms with Gasteiger partial charge in [-0.05, 0) is 56.3 Å². The molecule has 1 aromatic heterocycles. The molecule has 18 heavy (non-hydrogen) atoms. The van der Waals surface area contributed by atoms with Crippen LogP contribution in [-0.4, -0.2) is 10.8 Å². The fourth-order valence-corrected chi connectivity index (χ4v) is 5.04. The van der Waals surface area contributed by atoms with Gasteiger partial charge in [-0.25, -0.2) is 4.98 Å². The second kappa shape index (κ2) is 3.37. The maximum absolute atomic E-state index is 12.7. The van der Waals surface area contributed by atoms with Crippen LogP contribution in [0.3, 0.4) is 0 Å². The Labute approximate surface area is 106 Å². The smallest absolute Gasteiger partial charge is 0.292 e. The molecule has 0 unspecified atom stereocenters. The highest BCUT2D eigenvalue weighted by molar-refractivity contribution is 5.98. The topological polar surface area (TPSA) is 69.1 Å². The maximum Gasteiger partial charge on any atom is 0.292 e. The van der Waals surface area contributed by atoms with Crippen LogP contribution in [0.15, 0.2) is 10.6 Å². The van der Waals surface area contributed by atoms with Gasteiger partial charge in [0.25, 0.3) is 6.01 Å². The third-order valence-electron chi connectivity index (χ3n) is 5.27. The van der Waals surface area contributed by atoms with Crippen molar-refractivity contribution in [3.05, 3.63) is 12.0 Å². The monoisotopic (exact) mass is 246 g/mol. The number of rotatable bonds is 2. The second-order valence-corrected chi connectivity index (χ2v) is 6.59. The Hall–Kier alpha value is -1.32. The summed E-state index contributed by atoms with van der Waals surface area (Å²) in [5.41, 5.74) is 5.33. The van der Waals surface area contributed by atoms with E-state index >= 15 is 0 Å². The summed E-state index contributed by atoms with van der Waals surface area (Å²) < 4.78 is 5.25. The van der Waals surface area contributed by atoms with Gasteiger partial charge in [-0.15, -0.1) is 0 Å². The molecule has 4 bridgehead atoms. The number of hydrogen-bond acceptors (Lipinski definition) is 4. The van der Waals surface area contributed by atoms with Crippen LogP contribution in [0.4, 0.5) is 6.01 Å². The normalized spacial score (nSPS) is 41.2. The minimum Gasteiger partial charge on any atom is -0.421 e. The van der Waals surface area contributed by atoms with E-state index in [2.05, 4.69) is 4.98 Å². The molecule has 2 N–H and O–H groups in total. The lowest BCUT2D eigenvalue weighted by atomic mass is 9.48. The average Bonchev–Trinajstić information content (AvgIpc) is 2.73. The Balaban J connectivity index is 1.69. The summed E-state index contributed by atoms with van der Waals surface area (Å²) in [4.78, 5) is 16.6. The predicted molar refractivity (Wildman–Crippen MR) is 65.9 cm³/mol. The lowest BCUT2D eigenvalue weighted by Crippen LogP contribution is -2.49. The van der Waals surface area contributed by atoms with Crippen molar-refractivity contribution in [2.24, 2.45) is 23.2 Å². The minimum atomic E-state index is -0.152. The number of anilines is 1. The Morgan fingerprint density at radius 1 is 1.22 bits per heavy atom. The highest BCUT2D eigenvalue weighted by atomic mass is 16.4. The van der Waals surface area contributed by atoms with Crippen LogP contribution in [-0.2, 0) is 0 Å². The summed E-state index contributed by atoms with van der Waals surface area (Å²) in [6, 6.07) is 0.100. The standard InChI is InChI=1S/C14H18N2O2/c15-13-16-7-11(18-13)12(17)14-4-8-1-9(5-14)3-10(2-8)6-14/h7-10H,1-6H2,(H2,15,16). The number of carbonyl (C=O) groups is 1. The van der Waals surface area contributed by atoms with Crippen LogP contribution in [0.1, 0.15) is 49.1 Å². The van der Waals surface area contributed by atoms with Gasteiger partial charge >= 0.3 is 0 Å². The number of hydrogen-bond donors (Lipinski definition) is 1. The van der Waals surface area contributed by atoms with Crippen molar-refractivity contribution in [1.29, 1.82) is 0 Å². The second-order valence-electron chi connectivity index (χ2n) is 6.59. The summed E-state index contributed by atoms with van der Waals surface area (Å²) >= 11 is 0. The van der Waals surface area contributed by atoms with Gasteiger partial charge in [0, 0.05) is 5.41 Å². The Morgan fingerprint density at radius 2 is 1.78 bits per heavy atom. The average molecular weight is 246 g/mol. The molecule has 0 radical (unpaired) electrons. The van der Waals surface area contributed by atoms with Gasteiger partial charge in [-0.2, -0.15) is 0 Å². The van der Waals surface area contributed by atoms with Crippen molar-refractivity contribution in [3.63, 3.8) is 0 Å². The molecule has 4 saturated carbocycles. The van der Waals surface area contributed by atoms with Crippen LogP contribution >= 0.6 is 0 Å². The number of aromatic nitrogens is 1. The fourth-order valence-electron chi connectivity index (χ4n) is 5.04. The maximum atomic E-state index is 12.7. The SMILES string of the molecule is Nc1ncc(C(=O)C23CC4CC(CC(C4)C2)C3)o1. The van der Waals surface area contributed by atoms with E-state index in [1.54, 1.807) is 0 Å². The number of carbonyl (C=O) groups excluding carboxylic acids is 1. The van der Waals surface area contributed by atoms with Crippen LogP contribution in [0.2, 0.25) is 0 Å². The molecule has 0 aliphatic heterocycles. The first-order valence-corrected chi connectivity index (χ1v) is 6.91. The molecule has 1 aromatic rings. The molecule has 4 heteroatoms. The summed E-state index contributed by atoms with van der Waals surface area (Å²) in [6.07, 6.45) is 8.67. The third kappa shape index (κ3) is 1.38. The summed E-state index contributed by atoms with van der Waals surface area (Å²) in [6.45, 7) is 0. The highest BCUT2D eigenvalue weighted by Gasteiger charge is 2.55. The van der Waals surface area contributed by atoms with Crippen molar-refractivity contribution in [1.82, 2.24) is 4.98 Å². The zero-order valence-corrected chi connectivity index (χ0v) is 10.4. The quantitative estimate of drug-likeness (QED) is 0.814. The predicted octanol–water partition coefficient (Wildman–Crippen LogP) is 2.66. The highest BCUT2D eigenvalue weighted by Crippen LogP contribution is 2.60. The molecule has 0 saturated heterocycles.